The van der Waals surface area contributed by atoms with Crippen LogP contribution in [0.3, 0.4) is 0 Å². The zero-order valence-electron chi connectivity index (χ0n) is 10.9. The summed E-state index contributed by atoms with van der Waals surface area (Å²) in [6, 6.07) is 4.01. The van der Waals surface area contributed by atoms with Gasteiger partial charge in [-0.25, -0.2) is 4.79 Å². The van der Waals surface area contributed by atoms with Gasteiger partial charge in [0, 0.05) is 28.8 Å². The van der Waals surface area contributed by atoms with Crippen LogP contribution in [0.4, 0.5) is 4.79 Å². The molecule has 1 saturated heterocycles. The molecule has 2 rings (SSSR count). The molecule has 19 heavy (non-hydrogen) atoms. The summed E-state index contributed by atoms with van der Waals surface area (Å²) in [5.74, 6) is -0.688. The molecule has 2 N–H and O–H groups in total. The molecular weight excluding hydrogens is 264 g/mol. The number of aliphatic carboxylic acids is 1. The van der Waals surface area contributed by atoms with Gasteiger partial charge in [0.2, 0.25) is 0 Å². The van der Waals surface area contributed by atoms with Crippen molar-refractivity contribution in [1.82, 2.24) is 10.2 Å². The van der Waals surface area contributed by atoms with Crippen LogP contribution in [0.1, 0.15) is 23.1 Å². The van der Waals surface area contributed by atoms with Crippen LogP contribution in [-0.4, -0.2) is 35.1 Å². The third-order valence-electron chi connectivity index (χ3n) is 3.19. The van der Waals surface area contributed by atoms with E-state index < -0.39 is 5.97 Å². The highest BCUT2D eigenvalue weighted by molar-refractivity contribution is 7.11. The highest BCUT2D eigenvalue weighted by Gasteiger charge is 2.31. The molecule has 0 aliphatic carbocycles. The average molecular weight is 282 g/mol. The molecule has 104 valence electrons. The van der Waals surface area contributed by atoms with Crippen molar-refractivity contribution in [1.29, 1.82) is 0 Å². The van der Waals surface area contributed by atoms with Crippen LogP contribution in [0.25, 0.3) is 0 Å². The lowest BCUT2D eigenvalue weighted by Gasteiger charge is -2.38. The van der Waals surface area contributed by atoms with Crippen molar-refractivity contribution in [2.24, 2.45) is 5.92 Å². The number of carboxylic acid groups (broad SMARTS) is 1. The van der Waals surface area contributed by atoms with Gasteiger partial charge >= 0.3 is 12.0 Å². The average Bonchev–Trinajstić information content (AvgIpc) is 2.78. The Morgan fingerprint density at radius 1 is 1.42 bits per heavy atom. The number of amides is 2. The molecule has 0 spiro atoms. The molecule has 6 heteroatoms. The molecule has 0 unspecified atom stereocenters. The quantitative estimate of drug-likeness (QED) is 0.867. The maximum absolute atomic E-state index is 11.8. The summed E-state index contributed by atoms with van der Waals surface area (Å²) in [5, 5.41) is 11.5. The normalized spacial score (nSPS) is 15.1. The fourth-order valence-electron chi connectivity index (χ4n) is 2.09. The first-order valence-corrected chi connectivity index (χ1v) is 7.22. The van der Waals surface area contributed by atoms with Gasteiger partial charge in [-0.05, 0) is 18.6 Å². The minimum atomic E-state index is -0.796. The van der Waals surface area contributed by atoms with Crippen LogP contribution in [0.15, 0.2) is 12.1 Å². The number of carboxylic acids is 1. The molecule has 1 fully saturated rings. The summed E-state index contributed by atoms with van der Waals surface area (Å²) in [6.07, 6.45) is 1.16. The summed E-state index contributed by atoms with van der Waals surface area (Å²) in [7, 11) is 0. The number of urea groups is 1. The highest BCUT2D eigenvalue weighted by atomic mass is 32.1. The molecule has 2 amide bonds. The number of carbonyl (C=O) groups is 2. The minimum Gasteiger partial charge on any atom is -0.481 e. The predicted octanol–water partition coefficient (Wildman–Crippen LogP) is 1.93. The molecule has 1 aromatic rings. The van der Waals surface area contributed by atoms with Crippen molar-refractivity contribution < 1.29 is 14.7 Å². The maximum atomic E-state index is 11.8. The van der Waals surface area contributed by atoms with E-state index in [4.69, 9.17) is 5.11 Å². The SMILES string of the molecule is CCc1ccc(CNC(=O)N2CC(CC(=O)O)C2)s1. The number of aryl methyl sites for hydroxylation is 1. The third-order valence-corrected chi connectivity index (χ3v) is 4.42. The monoisotopic (exact) mass is 282 g/mol. The lowest BCUT2D eigenvalue weighted by molar-refractivity contribution is -0.139. The van der Waals surface area contributed by atoms with Gasteiger partial charge in [0.15, 0.2) is 0 Å². The highest BCUT2D eigenvalue weighted by Crippen LogP contribution is 2.20. The fraction of sp³-hybridized carbons (Fsp3) is 0.538. The fourth-order valence-corrected chi connectivity index (χ4v) is 2.99. The van der Waals surface area contributed by atoms with Crippen LogP contribution in [0.5, 0.6) is 0 Å². The van der Waals surface area contributed by atoms with Gasteiger partial charge in [-0.3, -0.25) is 4.79 Å². The summed E-state index contributed by atoms with van der Waals surface area (Å²) in [4.78, 5) is 26.4. The number of thiophene rings is 1. The lowest BCUT2D eigenvalue weighted by atomic mass is 9.97. The van der Waals surface area contributed by atoms with E-state index in [9.17, 15) is 9.59 Å². The van der Waals surface area contributed by atoms with Crippen LogP contribution >= 0.6 is 11.3 Å². The molecule has 0 atom stereocenters. The topological polar surface area (TPSA) is 69.6 Å². The molecule has 1 aromatic heterocycles. The molecule has 0 saturated carbocycles. The number of likely N-dealkylation sites (tertiary alicyclic amines) is 1. The molecule has 5 nitrogen and oxygen atoms in total. The Balaban J connectivity index is 1.70. The van der Waals surface area contributed by atoms with Crippen LogP contribution in [0.2, 0.25) is 0 Å². The van der Waals surface area contributed by atoms with Gasteiger partial charge in [0.05, 0.1) is 13.0 Å². The Bertz CT molecular complexity index is 466. The van der Waals surface area contributed by atoms with Crippen molar-refractivity contribution in [3.8, 4) is 0 Å². The number of hydrogen-bond acceptors (Lipinski definition) is 3. The predicted molar refractivity (Wildman–Crippen MR) is 73.2 cm³/mol. The lowest BCUT2D eigenvalue weighted by Crippen LogP contribution is -2.54. The summed E-state index contributed by atoms with van der Waals surface area (Å²) in [5.41, 5.74) is 0. The van der Waals surface area contributed by atoms with Crippen molar-refractivity contribution >= 4 is 23.3 Å². The van der Waals surface area contributed by atoms with Gasteiger partial charge in [0.25, 0.3) is 0 Å². The van der Waals surface area contributed by atoms with Crippen molar-refractivity contribution in [2.75, 3.05) is 13.1 Å². The van der Waals surface area contributed by atoms with Crippen molar-refractivity contribution in [3.63, 3.8) is 0 Å². The second-order valence-corrected chi connectivity index (χ2v) is 6.00. The molecule has 0 bridgehead atoms. The Morgan fingerprint density at radius 3 is 2.68 bits per heavy atom. The van der Waals surface area contributed by atoms with Gasteiger partial charge in [-0.1, -0.05) is 6.92 Å². The largest absolute Gasteiger partial charge is 0.481 e. The number of hydrogen-bond donors (Lipinski definition) is 2. The Morgan fingerprint density at radius 2 is 2.11 bits per heavy atom. The van der Waals surface area contributed by atoms with Crippen molar-refractivity contribution in [3.05, 3.63) is 21.9 Å². The smallest absolute Gasteiger partial charge is 0.317 e. The standard InChI is InChI=1S/C13H18N2O3S/c1-2-10-3-4-11(19-10)6-14-13(18)15-7-9(8-15)5-12(16)17/h3-4,9H,2,5-8H2,1H3,(H,14,18)(H,16,17). The van der Waals surface area contributed by atoms with E-state index in [2.05, 4.69) is 18.3 Å². The Hall–Kier alpha value is -1.56. The van der Waals surface area contributed by atoms with E-state index in [1.54, 1.807) is 16.2 Å². The van der Waals surface area contributed by atoms with Gasteiger partial charge in [0.1, 0.15) is 0 Å². The summed E-state index contributed by atoms with van der Waals surface area (Å²) < 4.78 is 0. The Labute approximate surface area is 116 Å². The van der Waals surface area contributed by atoms with E-state index >= 15 is 0 Å². The Kier molecular flexibility index (Phi) is 4.42. The molecular formula is C13H18N2O3S. The van der Waals surface area contributed by atoms with Crippen LogP contribution < -0.4 is 5.32 Å². The van der Waals surface area contributed by atoms with Gasteiger partial charge in [-0.15, -0.1) is 11.3 Å². The number of rotatable bonds is 5. The number of carbonyl (C=O) groups excluding carboxylic acids is 1. The first-order valence-electron chi connectivity index (χ1n) is 6.40. The van der Waals surface area contributed by atoms with Crippen molar-refractivity contribution in [2.45, 2.75) is 26.3 Å². The molecule has 1 aliphatic rings. The summed E-state index contributed by atoms with van der Waals surface area (Å²) >= 11 is 1.71. The molecule has 2 heterocycles. The molecule has 0 radical (unpaired) electrons. The first-order chi connectivity index (χ1) is 9.08. The van der Waals surface area contributed by atoms with Crippen LogP contribution in [0, 0.1) is 5.92 Å². The van der Waals surface area contributed by atoms with Gasteiger partial charge in [-0.2, -0.15) is 0 Å². The molecule has 1 aliphatic heterocycles. The van der Waals surface area contributed by atoms with E-state index in [1.165, 1.54) is 4.88 Å². The van der Waals surface area contributed by atoms with E-state index in [-0.39, 0.29) is 18.4 Å². The number of nitrogens with one attached hydrogen (secondary N) is 1. The number of nitrogens with zero attached hydrogens (tertiary/aromatic N) is 1. The maximum Gasteiger partial charge on any atom is 0.317 e. The summed E-state index contributed by atoms with van der Waals surface area (Å²) in [6.45, 7) is 3.74. The van der Waals surface area contributed by atoms with Crippen LogP contribution in [-0.2, 0) is 17.8 Å². The van der Waals surface area contributed by atoms with E-state index in [0.29, 0.717) is 19.6 Å². The first kappa shape index (κ1) is 13.9. The second kappa shape index (κ2) is 6.06. The third kappa shape index (κ3) is 3.70. The second-order valence-electron chi connectivity index (χ2n) is 4.75. The zero-order valence-corrected chi connectivity index (χ0v) is 11.7. The van der Waals surface area contributed by atoms with E-state index in [0.717, 1.165) is 11.3 Å². The van der Waals surface area contributed by atoms with Gasteiger partial charge < -0.3 is 15.3 Å². The minimum absolute atomic E-state index is 0.104. The molecule has 0 aromatic carbocycles. The van der Waals surface area contributed by atoms with E-state index in [1.807, 2.05) is 6.07 Å². The zero-order chi connectivity index (χ0) is 13.8.